The molecule has 0 unspecified atom stereocenters. The maximum atomic E-state index is 13.2. The van der Waals surface area contributed by atoms with Gasteiger partial charge >= 0.3 is 5.97 Å². The average Bonchev–Trinajstić information content (AvgIpc) is 3.04. The van der Waals surface area contributed by atoms with Crippen molar-refractivity contribution in [3.63, 3.8) is 0 Å². The first-order valence-corrected chi connectivity index (χ1v) is 15.9. The number of amides is 1. The Kier molecular flexibility index (Phi) is 11.1. The molecule has 0 saturated heterocycles. The predicted octanol–water partition coefficient (Wildman–Crippen LogP) is 7.39. The first kappa shape index (κ1) is 33.2. The number of carbonyl (C=O) groups excluding carboxylic acids is 1. The third-order valence-electron chi connectivity index (χ3n) is 7.60. The van der Waals surface area contributed by atoms with Crippen LogP contribution >= 0.6 is 23.2 Å². The fourth-order valence-electron chi connectivity index (χ4n) is 5.35. The van der Waals surface area contributed by atoms with Gasteiger partial charge in [0.15, 0.2) is 5.43 Å². The molecule has 1 aromatic heterocycles. The number of phenolic OH excluding ortho intramolecular Hbond substituents is 1. The molecule has 0 spiro atoms. The van der Waals surface area contributed by atoms with Crippen molar-refractivity contribution >= 4 is 67.8 Å². The number of carboxylic acids is 1. The smallest absolute Gasteiger partial charge is 0.336 e. The summed E-state index contributed by atoms with van der Waals surface area (Å²) in [6.07, 6.45) is 4.17. The Bertz CT molecular complexity index is 1960. The summed E-state index contributed by atoms with van der Waals surface area (Å²) in [6, 6.07) is 15.2. The Labute approximate surface area is 274 Å². The molecule has 0 fully saturated rings. The molecular weight excluding hydrogens is 633 g/mol. The van der Waals surface area contributed by atoms with E-state index in [4.69, 9.17) is 37.1 Å². The van der Waals surface area contributed by atoms with Crippen molar-refractivity contribution < 1.29 is 33.7 Å². The van der Waals surface area contributed by atoms with Gasteiger partial charge < -0.3 is 29.4 Å². The summed E-state index contributed by atoms with van der Waals surface area (Å²) in [4.78, 5) is 37.7. The molecule has 4 aromatic carbocycles. The molecule has 11 heteroatoms. The summed E-state index contributed by atoms with van der Waals surface area (Å²) in [6.45, 7) is 2.05. The van der Waals surface area contributed by atoms with Gasteiger partial charge in [-0.1, -0.05) is 30.5 Å². The van der Waals surface area contributed by atoms with E-state index in [1.54, 1.807) is 18.2 Å². The van der Waals surface area contributed by atoms with Crippen LogP contribution in [0.1, 0.15) is 46.4 Å². The van der Waals surface area contributed by atoms with Gasteiger partial charge in [-0.05, 0) is 72.3 Å². The number of rotatable bonds is 15. The lowest BCUT2D eigenvalue weighted by Crippen LogP contribution is -2.27. The Morgan fingerprint density at radius 2 is 1.59 bits per heavy atom. The molecule has 0 bridgehead atoms. The number of phenols is 1. The van der Waals surface area contributed by atoms with Gasteiger partial charge in [0.05, 0.1) is 30.4 Å². The third-order valence-corrected chi connectivity index (χ3v) is 8.17. The highest BCUT2D eigenvalue weighted by Crippen LogP contribution is 2.43. The minimum absolute atomic E-state index is 0.0403. The quantitative estimate of drug-likeness (QED) is 0.0456. The maximum Gasteiger partial charge on any atom is 0.336 e. The molecule has 5 rings (SSSR count). The highest BCUT2D eigenvalue weighted by molar-refractivity contribution is 6.33. The number of alkyl halides is 1. The van der Waals surface area contributed by atoms with Crippen molar-refractivity contribution in [2.45, 2.75) is 25.7 Å². The molecule has 1 amide bonds. The second-order valence-corrected chi connectivity index (χ2v) is 11.5. The highest BCUT2D eigenvalue weighted by Gasteiger charge is 2.22. The van der Waals surface area contributed by atoms with E-state index in [0.29, 0.717) is 58.4 Å². The Hall–Kier alpha value is -4.15. The average molecular weight is 667 g/mol. The number of carbonyl (C=O) groups is 2. The number of hydrogen-bond acceptors (Lipinski definition) is 7. The number of aromatic carboxylic acids is 1. The van der Waals surface area contributed by atoms with Crippen molar-refractivity contribution in [1.82, 2.24) is 5.32 Å². The van der Waals surface area contributed by atoms with E-state index in [1.807, 2.05) is 0 Å². The molecule has 0 saturated carbocycles. The minimum Gasteiger partial charge on any atom is -0.506 e. The first-order valence-electron chi connectivity index (χ1n) is 15.0. The van der Waals surface area contributed by atoms with Gasteiger partial charge in [0.1, 0.15) is 16.9 Å². The van der Waals surface area contributed by atoms with Gasteiger partial charge in [-0.15, -0.1) is 11.6 Å². The van der Waals surface area contributed by atoms with Crippen LogP contribution in [0, 0.1) is 0 Å². The van der Waals surface area contributed by atoms with Crippen LogP contribution in [-0.2, 0) is 9.47 Å². The number of ether oxygens (including phenoxy) is 2. The lowest BCUT2D eigenvalue weighted by molar-refractivity contribution is 0.0468. The van der Waals surface area contributed by atoms with Gasteiger partial charge in [-0.2, -0.15) is 0 Å². The molecule has 46 heavy (non-hydrogen) atoms. The van der Waals surface area contributed by atoms with Crippen molar-refractivity contribution in [1.29, 1.82) is 0 Å². The summed E-state index contributed by atoms with van der Waals surface area (Å²) in [5.74, 6) is -1.14. The second kappa shape index (κ2) is 15.4. The fraction of sp³-hybridized carbons (Fsp3) is 0.286. The summed E-state index contributed by atoms with van der Waals surface area (Å²) >= 11 is 12.0. The van der Waals surface area contributed by atoms with Crippen LogP contribution in [0.5, 0.6) is 5.75 Å². The van der Waals surface area contributed by atoms with Gasteiger partial charge in [-0.25, -0.2) is 4.79 Å². The number of fused-ring (bicyclic) bond motifs is 4. The minimum atomic E-state index is -1.20. The number of nitrogens with one attached hydrogen (secondary N) is 1. The lowest BCUT2D eigenvalue weighted by Gasteiger charge is -2.16. The second-order valence-electron chi connectivity index (χ2n) is 10.8. The molecule has 0 aliphatic heterocycles. The van der Waals surface area contributed by atoms with Gasteiger partial charge in [0, 0.05) is 52.4 Å². The molecule has 0 aliphatic carbocycles. The van der Waals surface area contributed by atoms with Crippen LogP contribution in [0.25, 0.3) is 43.8 Å². The van der Waals surface area contributed by atoms with E-state index < -0.39 is 11.9 Å². The number of aromatic hydroxyl groups is 1. The number of carboxylic acid groups (broad SMARTS) is 1. The number of halogens is 2. The van der Waals surface area contributed by atoms with Crippen molar-refractivity contribution in [2.24, 2.45) is 0 Å². The Balaban J connectivity index is 1.40. The zero-order valence-corrected chi connectivity index (χ0v) is 26.5. The van der Waals surface area contributed by atoms with Crippen LogP contribution < -0.4 is 10.7 Å². The molecule has 1 heterocycles. The number of benzene rings is 4. The maximum absolute atomic E-state index is 13.2. The SMILES string of the molecule is O=C(NCCOCCOCCCCCCCl)c1ccc(C(=O)O)c(-c2c3cc(Cl)c(O)cc3oc3c2ccc2cc(=O)ccc23)c1. The third kappa shape index (κ3) is 7.62. The standard InChI is InChI=1S/C35H33Cl2NO8/c36-11-3-1-2-4-13-44-15-16-45-14-12-38-34(41)22-6-8-25(35(42)43)27(18-22)32-26-9-5-21-17-23(39)7-10-24(21)33(26)46-31-20-30(40)29(37)19-28(31)32/h5-10,17-20,40H,1-4,11-16H2,(H,38,41)(H,42,43). The van der Waals surface area contributed by atoms with E-state index in [0.717, 1.165) is 25.7 Å². The van der Waals surface area contributed by atoms with Crippen molar-refractivity contribution in [3.8, 4) is 16.9 Å². The van der Waals surface area contributed by atoms with E-state index in [9.17, 15) is 24.6 Å². The molecule has 240 valence electrons. The summed E-state index contributed by atoms with van der Waals surface area (Å²) < 4.78 is 17.4. The largest absolute Gasteiger partial charge is 0.506 e. The normalized spacial score (nSPS) is 11.4. The van der Waals surface area contributed by atoms with Gasteiger partial charge in [0.25, 0.3) is 5.91 Å². The lowest BCUT2D eigenvalue weighted by atomic mass is 9.91. The molecule has 0 atom stereocenters. The molecule has 9 nitrogen and oxygen atoms in total. The molecule has 5 aromatic rings. The Morgan fingerprint density at radius 1 is 0.826 bits per heavy atom. The van der Waals surface area contributed by atoms with E-state index in [-0.39, 0.29) is 51.6 Å². The van der Waals surface area contributed by atoms with E-state index >= 15 is 0 Å². The van der Waals surface area contributed by atoms with E-state index in [2.05, 4.69) is 5.32 Å². The zero-order valence-electron chi connectivity index (χ0n) is 24.9. The summed E-state index contributed by atoms with van der Waals surface area (Å²) in [5.41, 5.74) is 1.33. The molecule has 0 aliphatic rings. The first-order chi connectivity index (χ1) is 22.3. The van der Waals surface area contributed by atoms with Gasteiger partial charge in [-0.3, -0.25) is 9.59 Å². The number of unbranched alkanes of at least 4 members (excludes halogenated alkanes) is 3. The topological polar surface area (TPSA) is 135 Å². The van der Waals surface area contributed by atoms with Crippen LogP contribution in [0.15, 0.2) is 69.9 Å². The van der Waals surface area contributed by atoms with E-state index in [1.165, 1.54) is 42.5 Å². The fourth-order valence-corrected chi connectivity index (χ4v) is 5.70. The Morgan fingerprint density at radius 3 is 2.37 bits per heavy atom. The van der Waals surface area contributed by atoms with Crippen LogP contribution in [-0.4, -0.2) is 60.9 Å². The molecular formula is C35H33Cl2NO8. The van der Waals surface area contributed by atoms with Crippen LogP contribution in [0.2, 0.25) is 5.02 Å². The highest BCUT2D eigenvalue weighted by atomic mass is 35.5. The van der Waals surface area contributed by atoms with Gasteiger partial charge in [0.2, 0.25) is 0 Å². The molecule has 3 N–H and O–H groups in total. The monoisotopic (exact) mass is 665 g/mol. The zero-order chi connectivity index (χ0) is 32.6. The number of hydrogen-bond donors (Lipinski definition) is 3. The predicted molar refractivity (Wildman–Crippen MR) is 180 cm³/mol. The van der Waals surface area contributed by atoms with Crippen molar-refractivity contribution in [2.75, 3.05) is 38.9 Å². The summed E-state index contributed by atoms with van der Waals surface area (Å²) in [5, 5.41) is 25.6. The summed E-state index contributed by atoms with van der Waals surface area (Å²) in [7, 11) is 0. The van der Waals surface area contributed by atoms with Crippen molar-refractivity contribution in [3.05, 3.63) is 87.0 Å². The van der Waals surface area contributed by atoms with Crippen LogP contribution in [0.4, 0.5) is 0 Å². The molecule has 0 radical (unpaired) electrons. The van der Waals surface area contributed by atoms with Crippen LogP contribution in [0.3, 0.4) is 0 Å².